The number of benzene rings is 1. The van der Waals surface area contributed by atoms with Crippen LogP contribution in [0.3, 0.4) is 0 Å². The van der Waals surface area contributed by atoms with E-state index in [1.807, 2.05) is 12.1 Å². The van der Waals surface area contributed by atoms with E-state index in [1.54, 1.807) is 0 Å². The molecular formula is C16H23ClN4O. The van der Waals surface area contributed by atoms with Crippen LogP contribution < -0.4 is 15.1 Å². The summed E-state index contributed by atoms with van der Waals surface area (Å²) in [7, 11) is 0. The molecule has 1 aromatic rings. The molecule has 0 saturated carbocycles. The molecule has 120 valence electrons. The number of nitriles is 1. The number of halogens is 1. The number of rotatable bonds is 2. The van der Waals surface area contributed by atoms with Crippen molar-refractivity contribution in [2.24, 2.45) is 0 Å². The number of nitrogens with one attached hydrogen (secondary N) is 1. The molecule has 0 spiro atoms. The predicted octanol–water partition coefficient (Wildman–Crippen LogP) is 1.35. The molecule has 5 nitrogen and oxygen atoms in total. The van der Waals surface area contributed by atoms with Crippen molar-refractivity contribution in [1.82, 2.24) is 5.32 Å². The third-order valence-electron chi connectivity index (χ3n) is 4.44. The topological polar surface area (TPSA) is 62.5 Å². The molecule has 22 heavy (non-hydrogen) atoms. The van der Waals surface area contributed by atoms with Crippen molar-refractivity contribution >= 4 is 23.8 Å². The highest BCUT2D eigenvalue weighted by atomic mass is 35.5. The Labute approximate surface area is 137 Å². The van der Waals surface area contributed by atoms with Crippen molar-refractivity contribution in [1.29, 1.82) is 5.26 Å². The zero-order chi connectivity index (χ0) is 14.8. The molecule has 2 N–H and O–H groups in total. The molecule has 2 aliphatic rings. The van der Waals surface area contributed by atoms with Crippen molar-refractivity contribution in [2.75, 3.05) is 42.5 Å². The summed E-state index contributed by atoms with van der Waals surface area (Å²) in [4.78, 5) is 4.45. The van der Waals surface area contributed by atoms with E-state index in [9.17, 15) is 10.4 Å². The van der Waals surface area contributed by atoms with Gasteiger partial charge < -0.3 is 20.2 Å². The minimum Gasteiger partial charge on any atom is -0.391 e. The summed E-state index contributed by atoms with van der Waals surface area (Å²) in [6.07, 6.45) is 0.506. The zero-order valence-corrected chi connectivity index (χ0v) is 13.6. The van der Waals surface area contributed by atoms with Crippen molar-refractivity contribution in [3.05, 3.63) is 23.8 Å². The summed E-state index contributed by atoms with van der Waals surface area (Å²) in [6.45, 7) is 6.56. The van der Waals surface area contributed by atoms with E-state index in [4.69, 9.17) is 0 Å². The number of hydrogen-bond acceptors (Lipinski definition) is 5. The molecule has 0 amide bonds. The SMILES string of the molecule is C[C@@H]1CNCCN1c1ccc(N2CC[C@H](O)C2)c(C#N)c1.Cl. The van der Waals surface area contributed by atoms with Gasteiger partial charge >= 0.3 is 0 Å². The Morgan fingerprint density at radius 2 is 2.18 bits per heavy atom. The molecule has 0 aliphatic carbocycles. The highest BCUT2D eigenvalue weighted by Gasteiger charge is 2.24. The molecule has 2 atom stereocenters. The van der Waals surface area contributed by atoms with Gasteiger partial charge in [0.05, 0.1) is 17.4 Å². The summed E-state index contributed by atoms with van der Waals surface area (Å²) in [6, 6.07) is 8.87. The number of aliphatic hydroxyl groups is 1. The van der Waals surface area contributed by atoms with Gasteiger partial charge in [-0.05, 0) is 31.5 Å². The lowest BCUT2D eigenvalue weighted by molar-refractivity contribution is 0.198. The van der Waals surface area contributed by atoms with E-state index in [0.29, 0.717) is 18.2 Å². The van der Waals surface area contributed by atoms with Crippen molar-refractivity contribution < 1.29 is 5.11 Å². The van der Waals surface area contributed by atoms with Crippen LogP contribution in [-0.4, -0.2) is 50.0 Å². The first-order valence-electron chi connectivity index (χ1n) is 7.63. The molecule has 0 bridgehead atoms. The number of aliphatic hydroxyl groups excluding tert-OH is 1. The highest BCUT2D eigenvalue weighted by Crippen LogP contribution is 2.29. The first kappa shape index (κ1) is 16.9. The minimum atomic E-state index is -0.274. The second-order valence-corrected chi connectivity index (χ2v) is 5.95. The van der Waals surface area contributed by atoms with E-state index in [2.05, 4.69) is 34.2 Å². The predicted molar refractivity (Wildman–Crippen MR) is 90.9 cm³/mol. The molecule has 1 aromatic carbocycles. The van der Waals surface area contributed by atoms with Crippen LogP contribution in [0.15, 0.2) is 18.2 Å². The maximum atomic E-state index is 9.68. The lowest BCUT2D eigenvalue weighted by Crippen LogP contribution is -2.49. The van der Waals surface area contributed by atoms with E-state index in [1.165, 1.54) is 0 Å². The van der Waals surface area contributed by atoms with Crippen LogP contribution in [-0.2, 0) is 0 Å². The summed E-state index contributed by atoms with van der Waals surface area (Å²) in [5.41, 5.74) is 2.76. The Hall–Kier alpha value is -1.48. The van der Waals surface area contributed by atoms with Gasteiger partial charge in [0, 0.05) is 44.5 Å². The number of nitrogens with zero attached hydrogens (tertiary/aromatic N) is 3. The van der Waals surface area contributed by atoms with Gasteiger partial charge in [0.2, 0.25) is 0 Å². The average Bonchev–Trinajstić information content (AvgIpc) is 2.93. The highest BCUT2D eigenvalue weighted by molar-refractivity contribution is 5.85. The number of hydrogen-bond donors (Lipinski definition) is 2. The minimum absolute atomic E-state index is 0. The summed E-state index contributed by atoms with van der Waals surface area (Å²) in [5.74, 6) is 0. The Bertz CT molecular complexity index is 560. The fraction of sp³-hybridized carbons (Fsp3) is 0.562. The monoisotopic (exact) mass is 322 g/mol. The maximum absolute atomic E-state index is 9.68. The number of piperazine rings is 1. The smallest absolute Gasteiger partial charge is 0.101 e. The Morgan fingerprint density at radius 3 is 2.82 bits per heavy atom. The normalized spacial score (nSPS) is 24.8. The van der Waals surface area contributed by atoms with Crippen molar-refractivity contribution in [3.63, 3.8) is 0 Å². The van der Waals surface area contributed by atoms with E-state index in [0.717, 1.165) is 44.0 Å². The van der Waals surface area contributed by atoms with Crippen LogP contribution in [0.25, 0.3) is 0 Å². The van der Waals surface area contributed by atoms with Crippen molar-refractivity contribution in [2.45, 2.75) is 25.5 Å². The lowest BCUT2D eigenvalue weighted by atomic mass is 10.1. The van der Waals surface area contributed by atoms with Gasteiger partial charge in [-0.3, -0.25) is 0 Å². The Balaban J connectivity index is 0.00000176. The van der Waals surface area contributed by atoms with Gasteiger partial charge in [-0.15, -0.1) is 12.4 Å². The first-order valence-corrected chi connectivity index (χ1v) is 7.63. The third kappa shape index (κ3) is 3.30. The zero-order valence-electron chi connectivity index (χ0n) is 12.8. The standard InChI is InChI=1S/C16H22N4O.ClH/c1-12-10-18-5-7-20(12)14-2-3-16(13(8-14)9-17)19-6-4-15(21)11-19;/h2-3,8,12,15,18,21H,4-7,10-11H2,1H3;1H/t12-,15+;/m1./s1. The molecule has 2 aliphatic heterocycles. The Morgan fingerprint density at radius 1 is 1.36 bits per heavy atom. The molecule has 6 heteroatoms. The number of β-amino-alcohol motifs (C(OH)–C–C–N with tert-alkyl or cyclic N) is 1. The second kappa shape index (κ2) is 7.19. The molecule has 2 heterocycles. The van der Waals surface area contributed by atoms with Crippen LogP contribution in [0.2, 0.25) is 0 Å². The van der Waals surface area contributed by atoms with Crippen molar-refractivity contribution in [3.8, 4) is 6.07 Å². The van der Waals surface area contributed by atoms with Gasteiger partial charge in [-0.1, -0.05) is 0 Å². The van der Waals surface area contributed by atoms with Crippen LogP contribution >= 0.6 is 12.4 Å². The van der Waals surface area contributed by atoms with E-state index in [-0.39, 0.29) is 18.5 Å². The molecular weight excluding hydrogens is 300 g/mol. The van der Waals surface area contributed by atoms with Gasteiger partial charge in [0.15, 0.2) is 0 Å². The summed E-state index contributed by atoms with van der Waals surface area (Å²) < 4.78 is 0. The molecule has 0 aromatic heterocycles. The van der Waals surface area contributed by atoms with Gasteiger partial charge in [-0.2, -0.15) is 5.26 Å². The molecule has 2 saturated heterocycles. The summed E-state index contributed by atoms with van der Waals surface area (Å²) >= 11 is 0. The van der Waals surface area contributed by atoms with E-state index >= 15 is 0 Å². The molecule has 0 unspecified atom stereocenters. The third-order valence-corrected chi connectivity index (χ3v) is 4.44. The van der Waals surface area contributed by atoms with Gasteiger partial charge in [0.25, 0.3) is 0 Å². The molecule has 0 radical (unpaired) electrons. The first-order chi connectivity index (χ1) is 10.2. The maximum Gasteiger partial charge on any atom is 0.101 e. The average molecular weight is 323 g/mol. The van der Waals surface area contributed by atoms with E-state index < -0.39 is 0 Å². The van der Waals surface area contributed by atoms with Crippen LogP contribution in [0, 0.1) is 11.3 Å². The van der Waals surface area contributed by atoms with Crippen LogP contribution in [0.5, 0.6) is 0 Å². The number of anilines is 2. The van der Waals surface area contributed by atoms with Crippen LogP contribution in [0.4, 0.5) is 11.4 Å². The quantitative estimate of drug-likeness (QED) is 0.860. The second-order valence-electron chi connectivity index (χ2n) is 5.95. The Kier molecular flexibility index (Phi) is 5.52. The lowest BCUT2D eigenvalue weighted by Gasteiger charge is -2.36. The van der Waals surface area contributed by atoms with Gasteiger partial charge in [-0.25, -0.2) is 0 Å². The summed E-state index contributed by atoms with van der Waals surface area (Å²) in [5, 5.41) is 22.5. The molecule has 2 fully saturated rings. The molecule has 3 rings (SSSR count). The van der Waals surface area contributed by atoms with Crippen LogP contribution in [0.1, 0.15) is 18.9 Å². The largest absolute Gasteiger partial charge is 0.391 e. The fourth-order valence-electron chi connectivity index (χ4n) is 3.25. The van der Waals surface area contributed by atoms with Gasteiger partial charge in [0.1, 0.15) is 6.07 Å². The fourth-order valence-corrected chi connectivity index (χ4v) is 3.25.